The maximum absolute atomic E-state index is 13.0. The molecule has 0 aliphatic carbocycles. The maximum atomic E-state index is 13.0. The molecular weight excluding hydrogens is 483 g/mol. The minimum atomic E-state index is -4.57. The second-order valence-electron chi connectivity index (χ2n) is 7.44. The van der Waals surface area contributed by atoms with E-state index in [1.807, 2.05) is 0 Å². The van der Waals surface area contributed by atoms with Crippen molar-refractivity contribution in [2.24, 2.45) is 10.7 Å². The van der Waals surface area contributed by atoms with Crippen molar-refractivity contribution in [2.75, 3.05) is 13.7 Å². The van der Waals surface area contributed by atoms with E-state index >= 15 is 0 Å². The molecule has 2 aromatic carbocycles. The molecule has 0 saturated heterocycles. The summed E-state index contributed by atoms with van der Waals surface area (Å²) in [4.78, 5) is 16.2. The van der Waals surface area contributed by atoms with Crippen LogP contribution in [0.15, 0.2) is 82.4 Å². The summed E-state index contributed by atoms with van der Waals surface area (Å²) >= 11 is 5.63. The van der Waals surface area contributed by atoms with Crippen LogP contribution in [0.2, 0.25) is 5.02 Å². The van der Waals surface area contributed by atoms with Gasteiger partial charge in [0.05, 0.1) is 23.7 Å². The first kappa shape index (κ1) is 25.9. The Balaban J connectivity index is 1.55. The predicted octanol–water partition coefficient (Wildman–Crippen LogP) is 5.48. The molecule has 1 heterocycles. The van der Waals surface area contributed by atoms with Gasteiger partial charge in [0.25, 0.3) is 5.56 Å². The molecule has 0 atom stereocenters. The van der Waals surface area contributed by atoms with Gasteiger partial charge in [-0.2, -0.15) is 13.2 Å². The van der Waals surface area contributed by atoms with E-state index in [1.54, 1.807) is 49.8 Å². The first-order chi connectivity index (χ1) is 16.7. The smallest absolute Gasteiger partial charge is 0.417 e. The van der Waals surface area contributed by atoms with Gasteiger partial charge in [-0.1, -0.05) is 23.7 Å². The highest BCUT2D eigenvalue weighted by atomic mass is 35.5. The Morgan fingerprint density at radius 1 is 1.09 bits per heavy atom. The monoisotopic (exact) mass is 505 g/mol. The Labute approximate surface area is 205 Å². The lowest BCUT2D eigenvalue weighted by molar-refractivity contribution is -0.137. The van der Waals surface area contributed by atoms with E-state index in [0.717, 1.165) is 17.7 Å². The predicted molar refractivity (Wildman–Crippen MR) is 130 cm³/mol. The maximum Gasteiger partial charge on any atom is 0.417 e. The van der Waals surface area contributed by atoms with Crippen molar-refractivity contribution in [2.45, 2.75) is 19.1 Å². The topological polar surface area (TPSA) is 78.8 Å². The molecule has 184 valence electrons. The highest BCUT2D eigenvalue weighted by Crippen LogP contribution is 2.37. The Morgan fingerprint density at radius 2 is 1.80 bits per heavy atom. The normalized spacial score (nSPS) is 12.2. The van der Waals surface area contributed by atoms with Gasteiger partial charge < -0.3 is 19.8 Å². The van der Waals surface area contributed by atoms with E-state index in [4.69, 9.17) is 26.8 Å². The number of hydrogen-bond acceptors (Lipinski definition) is 5. The summed E-state index contributed by atoms with van der Waals surface area (Å²) in [6, 6.07) is 13.4. The van der Waals surface area contributed by atoms with Crippen LogP contribution in [0.25, 0.3) is 0 Å². The van der Waals surface area contributed by atoms with Gasteiger partial charge in [0, 0.05) is 43.7 Å². The van der Waals surface area contributed by atoms with Crippen LogP contribution < -0.4 is 20.8 Å². The highest BCUT2D eigenvalue weighted by Gasteiger charge is 2.33. The van der Waals surface area contributed by atoms with E-state index in [9.17, 15) is 18.0 Å². The molecule has 0 amide bonds. The zero-order valence-electron chi connectivity index (χ0n) is 18.8. The van der Waals surface area contributed by atoms with Gasteiger partial charge >= 0.3 is 6.18 Å². The molecule has 0 aliphatic rings. The molecule has 0 saturated carbocycles. The summed E-state index contributed by atoms with van der Waals surface area (Å²) in [7, 11) is 1.62. The van der Waals surface area contributed by atoms with Crippen molar-refractivity contribution >= 4 is 17.8 Å². The minimum absolute atomic E-state index is 0.0311. The lowest BCUT2D eigenvalue weighted by atomic mass is 10.1. The van der Waals surface area contributed by atoms with Gasteiger partial charge in [-0.05, 0) is 42.0 Å². The molecule has 0 bridgehead atoms. The molecule has 3 rings (SSSR count). The largest absolute Gasteiger partial charge is 0.493 e. The van der Waals surface area contributed by atoms with E-state index in [-0.39, 0.29) is 16.3 Å². The lowest BCUT2D eigenvalue weighted by Gasteiger charge is -2.12. The van der Waals surface area contributed by atoms with E-state index in [1.165, 1.54) is 22.9 Å². The molecule has 3 aromatic rings. The first-order valence-corrected chi connectivity index (χ1v) is 10.9. The van der Waals surface area contributed by atoms with Crippen molar-refractivity contribution in [3.05, 3.63) is 99.1 Å². The van der Waals surface area contributed by atoms with Crippen LogP contribution in [0.5, 0.6) is 17.2 Å². The van der Waals surface area contributed by atoms with Gasteiger partial charge in [0.2, 0.25) is 0 Å². The number of pyridine rings is 1. The van der Waals surface area contributed by atoms with E-state index in [0.29, 0.717) is 36.6 Å². The molecule has 10 heteroatoms. The summed E-state index contributed by atoms with van der Waals surface area (Å²) in [6.07, 6.45) is 0.589. The molecule has 6 nitrogen and oxygen atoms in total. The van der Waals surface area contributed by atoms with Gasteiger partial charge in [-0.3, -0.25) is 9.79 Å². The second kappa shape index (κ2) is 11.6. The number of benzene rings is 2. The third-order valence-electron chi connectivity index (χ3n) is 4.89. The second-order valence-corrected chi connectivity index (χ2v) is 7.85. The summed E-state index contributed by atoms with van der Waals surface area (Å²) in [5.74, 6) is 0.855. The molecule has 2 N–H and O–H groups in total. The van der Waals surface area contributed by atoms with Crippen molar-refractivity contribution < 1.29 is 22.6 Å². The molecule has 35 heavy (non-hydrogen) atoms. The number of aliphatic imine (C=N–C) groups is 1. The van der Waals surface area contributed by atoms with Gasteiger partial charge in [0.1, 0.15) is 17.2 Å². The standard InChI is InChI=1S/C25H23ClF3N3O3/c1-31-15-18(14-30)16-32-10-8-20(13-24(32)33)34-11-9-17-2-4-19(5-3-17)35-21-6-7-23(26)22(12-21)25(27,28)29/h2-8,10,12-15H,9,11,16,30H2,1H3. The number of rotatable bonds is 9. The summed E-state index contributed by atoms with van der Waals surface area (Å²) in [5.41, 5.74) is 5.98. The number of allylic oxidation sites excluding steroid dienone is 1. The fourth-order valence-electron chi connectivity index (χ4n) is 3.14. The van der Waals surface area contributed by atoms with Crippen molar-refractivity contribution in [3.63, 3.8) is 0 Å². The first-order valence-electron chi connectivity index (χ1n) is 10.5. The molecule has 0 aliphatic heterocycles. The number of ether oxygens (including phenoxy) is 2. The highest BCUT2D eigenvalue weighted by molar-refractivity contribution is 6.31. The zero-order chi connectivity index (χ0) is 25.4. The summed E-state index contributed by atoms with van der Waals surface area (Å²) < 4.78 is 51.7. The van der Waals surface area contributed by atoms with Crippen molar-refractivity contribution in [3.8, 4) is 17.2 Å². The number of aromatic nitrogens is 1. The Kier molecular flexibility index (Phi) is 8.59. The molecule has 0 spiro atoms. The van der Waals surface area contributed by atoms with Crippen LogP contribution in [-0.2, 0) is 19.1 Å². The van der Waals surface area contributed by atoms with Crippen LogP contribution in [0.4, 0.5) is 13.2 Å². The van der Waals surface area contributed by atoms with Crippen molar-refractivity contribution in [1.82, 2.24) is 4.57 Å². The SMILES string of the molecule is CN=CC(=CN)Cn1ccc(OCCc2ccc(Oc3ccc(Cl)c(C(F)(F)F)c3)cc2)cc1=O. The van der Waals surface area contributed by atoms with Crippen LogP contribution >= 0.6 is 11.6 Å². The van der Waals surface area contributed by atoms with Gasteiger partial charge in [0.15, 0.2) is 0 Å². The summed E-state index contributed by atoms with van der Waals surface area (Å²) in [5, 5.41) is -0.388. The number of nitrogens with two attached hydrogens (primary N) is 1. The van der Waals surface area contributed by atoms with Crippen LogP contribution in [-0.4, -0.2) is 24.4 Å². The van der Waals surface area contributed by atoms with Crippen LogP contribution in [0.1, 0.15) is 11.1 Å². The molecule has 0 radical (unpaired) electrons. The Morgan fingerprint density at radius 3 is 2.43 bits per heavy atom. The summed E-state index contributed by atoms with van der Waals surface area (Å²) in [6.45, 7) is 0.626. The van der Waals surface area contributed by atoms with E-state index in [2.05, 4.69) is 4.99 Å². The quantitative estimate of drug-likeness (QED) is 0.391. The van der Waals surface area contributed by atoms with Crippen LogP contribution in [0, 0.1) is 0 Å². The van der Waals surface area contributed by atoms with E-state index < -0.39 is 11.7 Å². The third-order valence-corrected chi connectivity index (χ3v) is 5.22. The van der Waals surface area contributed by atoms with Gasteiger partial charge in [-0.15, -0.1) is 0 Å². The fraction of sp³-hybridized carbons (Fsp3) is 0.200. The third kappa shape index (κ3) is 7.38. The number of halogens is 4. The van der Waals surface area contributed by atoms with Gasteiger partial charge in [-0.25, -0.2) is 0 Å². The molecule has 0 unspecified atom stereocenters. The fourth-order valence-corrected chi connectivity index (χ4v) is 3.37. The molecule has 1 aromatic heterocycles. The zero-order valence-corrected chi connectivity index (χ0v) is 19.5. The minimum Gasteiger partial charge on any atom is -0.493 e. The number of alkyl halides is 3. The van der Waals surface area contributed by atoms with Crippen molar-refractivity contribution in [1.29, 1.82) is 0 Å². The average molecular weight is 506 g/mol. The Hall–Kier alpha value is -3.72. The molecular formula is C25H23ClF3N3O3. The molecule has 0 fully saturated rings. The Bertz CT molecular complexity index is 1270. The average Bonchev–Trinajstić information content (AvgIpc) is 2.82. The lowest BCUT2D eigenvalue weighted by Crippen LogP contribution is -2.20. The number of hydrogen-bond donors (Lipinski definition) is 1. The number of nitrogens with zero attached hydrogens (tertiary/aromatic N) is 2. The van der Waals surface area contributed by atoms with Crippen LogP contribution in [0.3, 0.4) is 0 Å².